The number of nitrogens with zero attached hydrogens (tertiary/aromatic N) is 2. The monoisotopic (exact) mass is 412 g/mol. The second-order valence-corrected chi connectivity index (χ2v) is 8.47. The highest BCUT2D eigenvalue weighted by atomic mass is 32.2. The summed E-state index contributed by atoms with van der Waals surface area (Å²) in [5.41, 5.74) is 1.89. The zero-order chi connectivity index (χ0) is 20.5. The van der Waals surface area contributed by atoms with Crippen molar-refractivity contribution in [2.75, 3.05) is 26.2 Å². The summed E-state index contributed by atoms with van der Waals surface area (Å²) in [6.07, 6.45) is 0.206. The molecule has 0 N–H and O–H groups in total. The fourth-order valence-corrected chi connectivity index (χ4v) is 4.59. The van der Waals surface area contributed by atoms with Gasteiger partial charge in [0.25, 0.3) is 0 Å². The molecule has 1 saturated heterocycles. The van der Waals surface area contributed by atoms with Gasteiger partial charge in [0.2, 0.25) is 15.9 Å². The third kappa shape index (κ3) is 3.90. The van der Waals surface area contributed by atoms with Crippen LogP contribution in [0, 0.1) is 24.4 Å². The molecule has 1 fully saturated rings. The number of aryl methyl sites for hydroxylation is 1. The van der Waals surface area contributed by atoms with Gasteiger partial charge in [-0.05, 0) is 30.2 Å². The van der Waals surface area contributed by atoms with Gasteiger partial charge in [0.1, 0.15) is 4.90 Å². The third-order valence-electron chi connectivity index (χ3n) is 4.81. The summed E-state index contributed by atoms with van der Waals surface area (Å²) in [5, 5.41) is 0. The number of hydrogen-bond donors (Lipinski definition) is 0. The van der Waals surface area contributed by atoms with E-state index in [1.807, 2.05) is 31.2 Å². The summed E-state index contributed by atoms with van der Waals surface area (Å²) >= 11 is 0. The predicted octanol–water partition coefficient (Wildman–Crippen LogP) is 2.49. The summed E-state index contributed by atoms with van der Waals surface area (Å²) in [7, 11) is -4.33. The van der Waals surface area contributed by atoms with Gasteiger partial charge in [0.15, 0.2) is 17.5 Å². The van der Waals surface area contributed by atoms with Crippen molar-refractivity contribution >= 4 is 15.9 Å². The Bertz CT molecular complexity index is 1000. The van der Waals surface area contributed by atoms with Crippen molar-refractivity contribution in [2.45, 2.75) is 18.2 Å². The van der Waals surface area contributed by atoms with E-state index in [2.05, 4.69) is 0 Å². The molecule has 5 nitrogen and oxygen atoms in total. The number of halogens is 3. The fourth-order valence-electron chi connectivity index (χ4n) is 3.11. The van der Waals surface area contributed by atoms with Gasteiger partial charge in [-0.3, -0.25) is 4.79 Å². The molecule has 0 saturated carbocycles. The molecular formula is C19H19F3N2O3S. The molecule has 0 radical (unpaired) electrons. The predicted molar refractivity (Wildman–Crippen MR) is 96.5 cm³/mol. The van der Waals surface area contributed by atoms with Crippen molar-refractivity contribution in [1.82, 2.24) is 9.21 Å². The van der Waals surface area contributed by atoms with Crippen molar-refractivity contribution in [2.24, 2.45) is 0 Å². The van der Waals surface area contributed by atoms with E-state index in [1.54, 1.807) is 4.90 Å². The molecule has 1 aliphatic heterocycles. The van der Waals surface area contributed by atoms with Gasteiger partial charge >= 0.3 is 0 Å². The number of hydrogen-bond acceptors (Lipinski definition) is 3. The van der Waals surface area contributed by atoms with Crippen LogP contribution in [0.5, 0.6) is 0 Å². The lowest BCUT2D eigenvalue weighted by Crippen LogP contribution is -2.51. The minimum Gasteiger partial charge on any atom is -0.340 e. The van der Waals surface area contributed by atoms with Gasteiger partial charge in [-0.15, -0.1) is 0 Å². The molecule has 2 aromatic carbocycles. The minimum atomic E-state index is -4.33. The molecular weight excluding hydrogens is 393 g/mol. The lowest BCUT2D eigenvalue weighted by molar-refractivity contribution is -0.131. The summed E-state index contributed by atoms with van der Waals surface area (Å²) in [4.78, 5) is 13.1. The van der Waals surface area contributed by atoms with Crippen LogP contribution in [0.4, 0.5) is 13.2 Å². The van der Waals surface area contributed by atoms with Crippen LogP contribution in [0.3, 0.4) is 0 Å². The van der Waals surface area contributed by atoms with Crippen LogP contribution < -0.4 is 0 Å². The summed E-state index contributed by atoms with van der Waals surface area (Å²) in [6, 6.07) is 8.77. The molecule has 0 unspecified atom stereocenters. The van der Waals surface area contributed by atoms with E-state index in [4.69, 9.17) is 0 Å². The molecule has 3 rings (SSSR count). The zero-order valence-electron chi connectivity index (χ0n) is 15.2. The molecule has 2 aromatic rings. The van der Waals surface area contributed by atoms with Crippen LogP contribution >= 0.6 is 0 Å². The van der Waals surface area contributed by atoms with E-state index in [0.717, 1.165) is 15.4 Å². The van der Waals surface area contributed by atoms with Crippen LogP contribution in [-0.4, -0.2) is 49.7 Å². The van der Waals surface area contributed by atoms with Gasteiger partial charge in [-0.1, -0.05) is 24.3 Å². The average molecular weight is 412 g/mol. The first-order valence-electron chi connectivity index (χ1n) is 8.67. The number of amides is 1. The van der Waals surface area contributed by atoms with Gasteiger partial charge < -0.3 is 4.90 Å². The Balaban J connectivity index is 1.69. The summed E-state index contributed by atoms with van der Waals surface area (Å²) < 4.78 is 66.5. The topological polar surface area (TPSA) is 57.7 Å². The molecule has 0 bridgehead atoms. The first-order valence-corrected chi connectivity index (χ1v) is 10.1. The number of rotatable bonds is 4. The molecule has 1 heterocycles. The van der Waals surface area contributed by atoms with E-state index in [0.29, 0.717) is 12.1 Å². The van der Waals surface area contributed by atoms with Crippen LogP contribution in [-0.2, 0) is 21.2 Å². The maximum Gasteiger partial charge on any atom is 0.246 e. The summed E-state index contributed by atoms with van der Waals surface area (Å²) in [5.74, 6) is -5.15. The first kappa shape index (κ1) is 20.3. The summed E-state index contributed by atoms with van der Waals surface area (Å²) in [6.45, 7) is 2.06. The second-order valence-electron chi connectivity index (χ2n) is 6.56. The molecule has 0 atom stereocenters. The van der Waals surface area contributed by atoms with Crippen LogP contribution in [0.25, 0.3) is 0 Å². The number of carbonyl (C=O) groups excluding carboxylic acids is 1. The second kappa shape index (κ2) is 7.92. The Kier molecular flexibility index (Phi) is 5.76. The van der Waals surface area contributed by atoms with E-state index >= 15 is 0 Å². The maximum absolute atomic E-state index is 13.9. The zero-order valence-corrected chi connectivity index (χ0v) is 16.0. The average Bonchev–Trinajstić information content (AvgIpc) is 2.68. The Hall–Kier alpha value is -2.39. The van der Waals surface area contributed by atoms with E-state index < -0.39 is 32.4 Å². The van der Waals surface area contributed by atoms with Crippen molar-refractivity contribution in [3.05, 3.63) is 65.0 Å². The van der Waals surface area contributed by atoms with Crippen LogP contribution in [0.15, 0.2) is 41.3 Å². The lowest BCUT2D eigenvalue weighted by atomic mass is 10.1. The van der Waals surface area contributed by atoms with E-state index in [1.165, 1.54) is 0 Å². The quantitative estimate of drug-likeness (QED) is 0.725. The molecule has 0 aromatic heterocycles. The van der Waals surface area contributed by atoms with Crippen LogP contribution in [0.2, 0.25) is 0 Å². The van der Waals surface area contributed by atoms with Gasteiger partial charge in [-0.25, -0.2) is 21.6 Å². The standard InChI is InChI=1S/C19H19F3N2O3S/c1-13-4-2-3-5-14(13)12-17(25)23-8-10-24(11-9-23)28(26,27)16-7-6-15(20)18(21)19(16)22/h2-7H,8-12H2,1H3. The number of benzene rings is 2. The highest BCUT2D eigenvalue weighted by Gasteiger charge is 2.33. The molecule has 0 aliphatic carbocycles. The highest BCUT2D eigenvalue weighted by molar-refractivity contribution is 7.89. The van der Waals surface area contributed by atoms with Crippen molar-refractivity contribution < 1.29 is 26.4 Å². The normalized spacial score (nSPS) is 15.6. The smallest absolute Gasteiger partial charge is 0.246 e. The number of sulfonamides is 1. The van der Waals surface area contributed by atoms with E-state index in [-0.39, 0.29) is 38.5 Å². The Morgan fingerprint density at radius 1 is 0.964 bits per heavy atom. The Morgan fingerprint density at radius 3 is 2.25 bits per heavy atom. The van der Waals surface area contributed by atoms with Gasteiger partial charge in [0, 0.05) is 26.2 Å². The number of carbonyl (C=O) groups is 1. The highest BCUT2D eigenvalue weighted by Crippen LogP contribution is 2.24. The van der Waals surface area contributed by atoms with E-state index in [9.17, 15) is 26.4 Å². The SMILES string of the molecule is Cc1ccccc1CC(=O)N1CCN(S(=O)(=O)c2ccc(F)c(F)c2F)CC1. The number of piperazine rings is 1. The maximum atomic E-state index is 13.9. The van der Waals surface area contributed by atoms with Crippen LogP contribution in [0.1, 0.15) is 11.1 Å². The Morgan fingerprint density at radius 2 is 1.61 bits per heavy atom. The van der Waals surface area contributed by atoms with Crippen molar-refractivity contribution in [1.29, 1.82) is 0 Å². The molecule has 150 valence electrons. The molecule has 9 heteroatoms. The molecule has 1 amide bonds. The largest absolute Gasteiger partial charge is 0.340 e. The third-order valence-corrected chi connectivity index (χ3v) is 6.73. The minimum absolute atomic E-state index is 0.0553. The Labute approximate surface area is 161 Å². The fraction of sp³-hybridized carbons (Fsp3) is 0.316. The lowest BCUT2D eigenvalue weighted by Gasteiger charge is -2.34. The molecule has 0 spiro atoms. The van der Waals surface area contributed by atoms with Gasteiger partial charge in [0.05, 0.1) is 6.42 Å². The molecule has 1 aliphatic rings. The van der Waals surface area contributed by atoms with Crippen molar-refractivity contribution in [3.8, 4) is 0 Å². The van der Waals surface area contributed by atoms with Crippen molar-refractivity contribution in [3.63, 3.8) is 0 Å². The first-order chi connectivity index (χ1) is 13.2. The molecule has 28 heavy (non-hydrogen) atoms. The van der Waals surface area contributed by atoms with Gasteiger partial charge in [-0.2, -0.15) is 4.31 Å².